The number of aliphatic hydroxyl groups is 1. The van der Waals surface area contributed by atoms with Gasteiger partial charge in [0.15, 0.2) is 0 Å². The van der Waals surface area contributed by atoms with E-state index in [1.54, 1.807) is 13.0 Å². The van der Waals surface area contributed by atoms with Gasteiger partial charge in [-0.25, -0.2) is 4.79 Å². The first-order valence-corrected chi connectivity index (χ1v) is 9.57. The second kappa shape index (κ2) is 8.96. The zero-order valence-corrected chi connectivity index (χ0v) is 16.7. The summed E-state index contributed by atoms with van der Waals surface area (Å²) in [4.78, 5) is 24.8. The van der Waals surface area contributed by atoms with Crippen LogP contribution in [0, 0.1) is 0 Å². The predicted octanol–water partition coefficient (Wildman–Crippen LogP) is 2.51. The lowest BCUT2D eigenvalue weighted by Crippen LogP contribution is -2.20. The first kappa shape index (κ1) is 20.7. The van der Waals surface area contributed by atoms with Crippen molar-refractivity contribution in [2.24, 2.45) is 0 Å². The zero-order chi connectivity index (χ0) is 21.0. The summed E-state index contributed by atoms with van der Waals surface area (Å²) < 4.78 is 16.7. The van der Waals surface area contributed by atoms with Crippen LogP contribution in [0.4, 0.5) is 0 Å². The molecule has 29 heavy (non-hydrogen) atoms. The Morgan fingerprint density at radius 2 is 2.03 bits per heavy atom. The number of hydrogen-bond donors (Lipinski definition) is 2. The Kier molecular flexibility index (Phi) is 6.39. The fourth-order valence-corrected chi connectivity index (χ4v) is 3.57. The van der Waals surface area contributed by atoms with Crippen molar-refractivity contribution in [2.75, 3.05) is 26.9 Å². The van der Waals surface area contributed by atoms with Crippen molar-refractivity contribution in [1.29, 1.82) is 0 Å². The maximum absolute atomic E-state index is 12.4. The van der Waals surface area contributed by atoms with Gasteiger partial charge in [-0.15, -0.1) is 0 Å². The van der Waals surface area contributed by atoms with E-state index in [-0.39, 0.29) is 37.7 Å². The Labute approximate surface area is 169 Å². The zero-order valence-electron chi connectivity index (χ0n) is 16.7. The first-order chi connectivity index (χ1) is 14.0. The molecular weight excluding hydrogens is 374 g/mol. The molecule has 3 rings (SSSR count). The van der Waals surface area contributed by atoms with Crippen LogP contribution in [0.25, 0.3) is 0 Å². The second-order valence-electron chi connectivity index (χ2n) is 6.69. The molecule has 0 unspecified atom stereocenters. The van der Waals surface area contributed by atoms with Crippen LogP contribution in [0.5, 0.6) is 11.5 Å². The lowest BCUT2D eigenvalue weighted by Gasteiger charge is -2.17. The second-order valence-corrected chi connectivity index (χ2v) is 6.69. The molecule has 0 fully saturated rings. The van der Waals surface area contributed by atoms with Crippen LogP contribution in [-0.2, 0) is 4.74 Å². The highest BCUT2D eigenvalue weighted by molar-refractivity contribution is 6.01. The van der Waals surface area contributed by atoms with E-state index >= 15 is 0 Å². The summed E-state index contributed by atoms with van der Waals surface area (Å²) in [6.07, 6.45) is -0.251. The van der Waals surface area contributed by atoms with E-state index in [1.807, 2.05) is 31.2 Å². The van der Waals surface area contributed by atoms with Gasteiger partial charge in [0, 0.05) is 18.5 Å². The van der Waals surface area contributed by atoms with E-state index in [2.05, 4.69) is 5.32 Å². The Balaban J connectivity index is 2.09. The number of rotatable bonds is 7. The molecule has 1 amide bonds. The fraction of sp³-hybridized carbons (Fsp3) is 0.364. The van der Waals surface area contributed by atoms with Crippen molar-refractivity contribution in [3.63, 3.8) is 0 Å². The van der Waals surface area contributed by atoms with E-state index in [1.165, 1.54) is 13.1 Å². The molecule has 154 valence electrons. The van der Waals surface area contributed by atoms with Crippen LogP contribution < -0.4 is 14.8 Å². The monoisotopic (exact) mass is 399 g/mol. The number of nitrogens with one attached hydrogen (secondary N) is 1. The fourth-order valence-electron chi connectivity index (χ4n) is 3.57. The molecule has 1 aliphatic rings. The normalized spacial score (nSPS) is 17.2. The van der Waals surface area contributed by atoms with Gasteiger partial charge in [0.2, 0.25) is 0 Å². The number of fused-ring (bicyclic) bond motifs is 1. The molecule has 1 aliphatic heterocycles. The lowest BCUT2D eigenvalue weighted by atomic mass is 9.87. The summed E-state index contributed by atoms with van der Waals surface area (Å²) in [5, 5.41) is 11.6. The van der Waals surface area contributed by atoms with E-state index in [9.17, 15) is 9.59 Å². The Hall–Kier alpha value is -3.06. The van der Waals surface area contributed by atoms with Crippen LogP contribution in [0.1, 0.15) is 51.6 Å². The molecule has 0 spiro atoms. The summed E-state index contributed by atoms with van der Waals surface area (Å²) >= 11 is 0. The van der Waals surface area contributed by atoms with Gasteiger partial charge in [-0.05, 0) is 43.7 Å². The number of carbonyl (C=O) groups excluding carboxylic acids is 2. The van der Waals surface area contributed by atoms with Crippen LogP contribution in [0.15, 0.2) is 36.4 Å². The topological polar surface area (TPSA) is 94.1 Å². The van der Waals surface area contributed by atoms with Crippen molar-refractivity contribution in [3.8, 4) is 11.5 Å². The first-order valence-electron chi connectivity index (χ1n) is 9.57. The third kappa shape index (κ3) is 4.19. The highest BCUT2D eigenvalue weighted by Crippen LogP contribution is 2.45. The number of carbonyl (C=O) groups is 2. The lowest BCUT2D eigenvalue weighted by molar-refractivity contribution is 0.0526. The molecule has 2 aromatic carbocycles. The molecule has 2 atom stereocenters. The molecule has 0 aliphatic carbocycles. The molecule has 0 radical (unpaired) electrons. The Bertz CT molecular complexity index is 910. The minimum absolute atomic E-state index is 0.0750. The SMILES string of the molecule is CCOC(=O)c1cc(C(=O)NC)c2c(c1)[C@@H](c1cccc(OCCO)c1)[C@H](C)O2. The summed E-state index contributed by atoms with van der Waals surface area (Å²) in [6.45, 7) is 4.02. The number of esters is 1. The van der Waals surface area contributed by atoms with Crippen molar-refractivity contribution in [3.05, 3.63) is 58.7 Å². The highest BCUT2D eigenvalue weighted by Gasteiger charge is 2.37. The van der Waals surface area contributed by atoms with E-state index in [0.717, 1.165) is 11.1 Å². The third-order valence-electron chi connectivity index (χ3n) is 4.79. The predicted molar refractivity (Wildman–Crippen MR) is 107 cm³/mol. The summed E-state index contributed by atoms with van der Waals surface area (Å²) in [6, 6.07) is 10.7. The Morgan fingerprint density at radius 3 is 2.72 bits per heavy atom. The van der Waals surface area contributed by atoms with Gasteiger partial charge in [-0.2, -0.15) is 0 Å². The minimum Gasteiger partial charge on any atom is -0.491 e. The van der Waals surface area contributed by atoms with E-state index in [0.29, 0.717) is 22.6 Å². The average molecular weight is 399 g/mol. The molecule has 2 N–H and O–H groups in total. The molecular formula is C22H25NO6. The quantitative estimate of drug-likeness (QED) is 0.695. The van der Waals surface area contributed by atoms with Crippen LogP contribution in [0.2, 0.25) is 0 Å². The number of amides is 1. The van der Waals surface area contributed by atoms with Gasteiger partial charge >= 0.3 is 5.97 Å². The van der Waals surface area contributed by atoms with Crippen molar-refractivity contribution >= 4 is 11.9 Å². The van der Waals surface area contributed by atoms with Gasteiger partial charge in [0.1, 0.15) is 24.2 Å². The standard InChI is InChI=1S/C22H25NO6/c1-4-27-22(26)15-11-17-19(14-6-5-7-16(10-14)28-9-8-24)13(2)29-20(17)18(12-15)21(25)23-3/h5-7,10-13,19,24H,4,8-9H2,1-3H3,(H,23,25)/t13-,19+/m0/s1. The summed E-state index contributed by atoms with van der Waals surface area (Å²) in [7, 11) is 1.53. The molecule has 1 heterocycles. The van der Waals surface area contributed by atoms with Crippen LogP contribution >= 0.6 is 0 Å². The third-order valence-corrected chi connectivity index (χ3v) is 4.79. The molecule has 0 bridgehead atoms. The van der Waals surface area contributed by atoms with Gasteiger partial charge in [0.05, 0.1) is 24.3 Å². The maximum Gasteiger partial charge on any atom is 0.338 e. The molecule has 0 saturated carbocycles. The molecule has 0 saturated heterocycles. The van der Waals surface area contributed by atoms with E-state index < -0.39 is 5.97 Å². The van der Waals surface area contributed by atoms with Gasteiger partial charge in [-0.3, -0.25) is 4.79 Å². The maximum atomic E-state index is 12.4. The van der Waals surface area contributed by atoms with Crippen molar-refractivity contribution < 1.29 is 28.9 Å². The largest absolute Gasteiger partial charge is 0.491 e. The summed E-state index contributed by atoms with van der Waals surface area (Å²) in [5.74, 6) is 0.0846. The molecule has 0 aromatic heterocycles. The molecule has 7 nitrogen and oxygen atoms in total. The van der Waals surface area contributed by atoms with E-state index in [4.69, 9.17) is 19.3 Å². The average Bonchev–Trinajstić information content (AvgIpc) is 3.07. The molecule has 7 heteroatoms. The molecule has 2 aromatic rings. The van der Waals surface area contributed by atoms with Crippen molar-refractivity contribution in [1.82, 2.24) is 5.32 Å². The minimum atomic E-state index is -0.487. The highest BCUT2D eigenvalue weighted by atomic mass is 16.5. The van der Waals surface area contributed by atoms with Crippen LogP contribution in [-0.4, -0.2) is 50.0 Å². The van der Waals surface area contributed by atoms with Crippen LogP contribution in [0.3, 0.4) is 0 Å². The number of ether oxygens (including phenoxy) is 3. The van der Waals surface area contributed by atoms with Gasteiger partial charge in [0.25, 0.3) is 5.91 Å². The Morgan fingerprint density at radius 1 is 1.24 bits per heavy atom. The van der Waals surface area contributed by atoms with Gasteiger partial charge < -0.3 is 24.6 Å². The van der Waals surface area contributed by atoms with Gasteiger partial charge in [-0.1, -0.05) is 12.1 Å². The number of hydrogen-bond acceptors (Lipinski definition) is 6. The smallest absolute Gasteiger partial charge is 0.338 e. The van der Waals surface area contributed by atoms with Crippen molar-refractivity contribution in [2.45, 2.75) is 25.9 Å². The number of benzene rings is 2. The summed E-state index contributed by atoms with van der Waals surface area (Å²) in [5.41, 5.74) is 2.28. The number of aliphatic hydroxyl groups excluding tert-OH is 1.